The molecule has 6 nitrogen and oxygen atoms in total. The summed E-state index contributed by atoms with van der Waals surface area (Å²) in [6, 6.07) is 12.2. The Morgan fingerprint density at radius 2 is 1.62 bits per heavy atom. The molecule has 0 aliphatic rings. The van der Waals surface area contributed by atoms with Gasteiger partial charge in [-0.05, 0) is 36.1 Å². The van der Waals surface area contributed by atoms with Crippen molar-refractivity contribution in [3.63, 3.8) is 0 Å². The van der Waals surface area contributed by atoms with Crippen LogP contribution in [0, 0.1) is 6.92 Å². The number of benzene rings is 3. The van der Waals surface area contributed by atoms with Gasteiger partial charge in [0.15, 0.2) is 0 Å². The van der Waals surface area contributed by atoms with Crippen molar-refractivity contribution in [2.45, 2.75) is 11.8 Å². The van der Waals surface area contributed by atoms with Gasteiger partial charge >= 0.3 is 29.6 Å². The van der Waals surface area contributed by atoms with Crippen molar-refractivity contribution in [3.05, 3.63) is 59.1 Å². The maximum absolute atomic E-state index is 11.9. The monoisotopic (exact) mass is 398 g/mol. The van der Waals surface area contributed by atoms with E-state index in [-0.39, 0.29) is 50.9 Å². The van der Waals surface area contributed by atoms with Crippen LogP contribution in [0.5, 0.6) is 5.75 Å². The van der Waals surface area contributed by atoms with Crippen LogP contribution < -0.4 is 34.7 Å². The van der Waals surface area contributed by atoms with Crippen molar-refractivity contribution in [1.82, 2.24) is 0 Å². The molecule has 0 saturated carbocycles. The SMILES string of the molecule is Cc1c(Cl)cc(S(=O)(=O)O)cc1N=Nc1ccc([O-])c2ccccc12.[Na+]. The van der Waals surface area contributed by atoms with Crippen LogP contribution in [0.25, 0.3) is 10.8 Å². The largest absolute Gasteiger partial charge is 1.00 e. The van der Waals surface area contributed by atoms with Gasteiger partial charge in [0.1, 0.15) is 0 Å². The average molecular weight is 399 g/mol. The van der Waals surface area contributed by atoms with Crippen LogP contribution in [0.1, 0.15) is 5.56 Å². The molecule has 0 fully saturated rings. The van der Waals surface area contributed by atoms with Gasteiger partial charge in [0.25, 0.3) is 10.1 Å². The molecule has 0 aliphatic heterocycles. The molecule has 3 aromatic carbocycles. The topological polar surface area (TPSA) is 102 Å². The summed E-state index contributed by atoms with van der Waals surface area (Å²) in [4.78, 5) is -0.364. The van der Waals surface area contributed by atoms with Crippen LogP contribution >= 0.6 is 11.6 Å². The van der Waals surface area contributed by atoms with Gasteiger partial charge in [0.2, 0.25) is 0 Å². The molecule has 0 unspecified atom stereocenters. The molecule has 0 spiro atoms. The number of azo groups is 1. The zero-order valence-corrected chi connectivity index (χ0v) is 17.5. The summed E-state index contributed by atoms with van der Waals surface area (Å²) < 4.78 is 31.8. The number of hydrogen-bond donors (Lipinski definition) is 1. The van der Waals surface area contributed by atoms with Crippen molar-refractivity contribution in [2.24, 2.45) is 10.2 Å². The second kappa shape index (κ2) is 8.04. The zero-order chi connectivity index (χ0) is 18.2. The quantitative estimate of drug-likeness (QED) is 0.410. The zero-order valence-electron chi connectivity index (χ0n) is 14.0. The van der Waals surface area contributed by atoms with Crippen LogP contribution in [-0.2, 0) is 10.1 Å². The van der Waals surface area contributed by atoms with Gasteiger partial charge in [0, 0.05) is 10.4 Å². The molecule has 3 rings (SSSR count). The Morgan fingerprint density at radius 1 is 1.00 bits per heavy atom. The second-order valence-corrected chi connectivity index (χ2v) is 7.18. The second-order valence-electron chi connectivity index (χ2n) is 5.35. The molecule has 128 valence electrons. The van der Waals surface area contributed by atoms with E-state index < -0.39 is 10.1 Å². The molecule has 0 radical (unpaired) electrons. The fraction of sp³-hybridized carbons (Fsp3) is 0.0588. The maximum atomic E-state index is 11.9. The Balaban J connectivity index is 0.00000243. The molecular weight excluding hydrogens is 387 g/mol. The van der Waals surface area contributed by atoms with Crippen molar-refractivity contribution in [2.75, 3.05) is 0 Å². The third-order valence-electron chi connectivity index (χ3n) is 3.71. The van der Waals surface area contributed by atoms with Crippen LogP contribution in [0.4, 0.5) is 11.4 Å². The van der Waals surface area contributed by atoms with Crippen LogP contribution in [0.2, 0.25) is 5.02 Å². The van der Waals surface area contributed by atoms with E-state index in [0.29, 0.717) is 22.0 Å². The summed E-state index contributed by atoms with van der Waals surface area (Å²) in [5, 5.41) is 21.3. The Bertz CT molecular complexity index is 1120. The van der Waals surface area contributed by atoms with E-state index in [1.165, 1.54) is 18.2 Å². The van der Waals surface area contributed by atoms with Crippen molar-refractivity contribution in [3.8, 4) is 5.75 Å². The molecule has 3 aromatic rings. The first kappa shape index (κ1) is 20.8. The molecule has 26 heavy (non-hydrogen) atoms. The minimum absolute atomic E-state index is 0. The Morgan fingerprint density at radius 3 is 2.27 bits per heavy atom. The van der Waals surface area contributed by atoms with Crippen molar-refractivity contribution in [1.29, 1.82) is 0 Å². The van der Waals surface area contributed by atoms with Gasteiger partial charge in [-0.15, -0.1) is 10.9 Å². The van der Waals surface area contributed by atoms with E-state index in [4.69, 9.17) is 11.6 Å². The molecular formula is C17H12ClN2NaO4S. The molecule has 1 N–H and O–H groups in total. The fourth-order valence-corrected chi connectivity index (χ4v) is 3.15. The first-order chi connectivity index (χ1) is 11.8. The molecule has 0 atom stereocenters. The number of halogens is 1. The van der Waals surface area contributed by atoms with E-state index in [1.54, 1.807) is 31.2 Å². The minimum Gasteiger partial charge on any atom is -0.872 e. The first-order valence-electron chi connectivity index (χ1n) is 7.15. The Kier molecular flexibility index (Phi) is 6.44. The normalized spacial score (nSPS) is 11.7. The van der Waals surface area contributed by atoms with Crippen molar-refractivity contribution >= 4 is 43.9 Å². The fourth-order valence-electron chi connectivity index (χ4n) is 2.34. The first-order valence-corrected chi connectivity index (χ1v) is 8.97. The van der Waals surface area contributed by atoms with Crippen LogP contribution in [-0.4, -0.2) is 13.0 Å². The van der Waals surface area contributed by atoms with Gasteiger partial charge in [-0.3, -0.25) is 4.55 Å². The summed E-state index contributed by atoms with van der Waals surface area (Å²) in [6.07, 6.45) is 0. The number of nitrogens with zero attached hydrogens (tertiary/aromatic N) is 2. The molecule has 0 bridgehead atoms. The van der Waals surface area contributed by atoms with Gasteiger partial charge in [0.05, 0.1) is 16.3 Å². The van der Waals surface area contributed by atoms with E-state index in [1.807, 2.05) is 0 Å². The standard InChI is InChI=1S/C17H13ClN2O4S.Na/c1-10-14(18)8-11(25(22,23)24)9-16(10)20-19-15-6-7-17(21)13-5-3-2-4-12(13)15;/h2-9,21H,1H3,(H,22,23,24);/q;+1/p-1. The van der Waals surface area contributed by atoms with Gasteiger partial charge in [-0.2, -0.15) is 13.5 Å². The summed E-state index contributed by atoms with van der Waals surface area (Å²) in [7, 11) is -4.42. The molecule has 0 saturated heterocycles. The van der Waals surface area contributed by atoms with Crippen molar-refractivity contribution < 1.29 is 47.6 Å². The number of rotatable bonds is 3. The van der Waals surface area contributed by atoms with Crippen LogP contribution in [0.3, 0.4) is 0 Å². The molecule has 0 heterocycles. The Hall–Kier alpha value is -1.48. The predicted octanol–water partition coefficient (Wildman–Crippen LogP) is 1.54. The van der Waals surface area contributed by atoms with E-state index in [9.17, 15) is 18.1 Å². The maximum Gasteiger partial charge on any atom is 1.00 e. The Labute approximate surface area is 177 Å². The smallest absolute Gasteiger partial charge is 0.872 e. The van der Waals surface area contributed by atoms with Gasteiger partial charge < -0.3 is 5.11 Å². The summed E-state index contributed by atoms with van der Waals surface area (Å²) >= 11 is 6.00. The van der Waals surface area contributed by atoms with Gasteiger partial charge in [-0.25, -0.2) is 0 Å². The summed E-state index contributed by atoms with van der Waals surface area (Å²) in [5.41, 5.74) is 1.18. The van der Waals surface area contributed by atoms with E-state index in [0.717, 1.165) is 6.07 Å². The van der Waals surface area contributed by atoms with Gasteiger partial charge in [-0.1, -0.05) is 41.9 Å². The molecule has 0 amide bonds. The predicted molar refractivity (Wildman–Crippen MR) is 93.6 cm³/mol. The van der Waals surface area contributed by atoms with E-state index in [2.05, 4.69) is 10.2 Å². The average Bonchev–Trinajstić information content (AvgIpc) is 2.57. The van der Waals surface area contributed by atoms with Crippen LogP contribution in [0.15, 0.2) is 63.7 Å². The third-order valence-corrected chi connectivity index (χ3v) is 4.94. The third kappa shape index (κ3) is 4.25. The summed E-state index contributed by atoms with van der Waals surface area (Å²) in [5.74, 6) is -0.123. The minimum atomic E-state index is -4.42. The summed E-state index contributed by atoms with van der Waals surface area (Å²) in [6.45, 7) is 1.66. The number of hydrogen-bond acceptors (Lipinski definition) is 5. The molecule has 9 heteroatoms. The molecule has 0 aliphatic carbocycles. The molecule has 0 aromatic heterocycles. The van der Waals surface area contributed by atoms with E-state index >= 15 is 0 Å². The number of fused-ring (bicyclic) bond motifs is 1.